The van der Waals surface area contributed by atoms with Gasteiger partial charge in [-0.1, -0.05) is 42.1 Å². The van der Waals surface area contributed by atoms with Gasteiger partial charge < -0.3 is 4.42 Å². The molecule has 0 atom stereocenters. The van der Waals surface area contributed by atoms with E-state index in [2.05, 4.69) is 9.97 Å². The number of aromatic nitrogens is 3. The number of benzene rings is 2. The molecule has 0 radical (unpaired) electrons. The van der Waals surface area contributed by atoms with Gasteiger partial charge in [0.2, 0.25) is 5.89 Å². The second-order valence-electron chi connectivity index (χ2n) is 6.41. The van der Waals surface area contributed by atoms with Gasteiger partial charge in [-0.25, -0.2) is 14.4 Å². The van der Waals surface area contributed by atoms with Gasteiger partial charge in [-0.05, 0) is 35.7 Å². The van der Waals surface area contributed by atoms with E-state index in [1.165, 1.54) is 22.4 Å². The summed E-state index contributed by atoms with van der Waals surface area (Å²) in [6.45, 7) is 0. The Hall–Kier alpha value is -3.23. The highest BCUT2D eigenvalue weighted by Crippen LogP contribution is 2.28. The molecule has 0 unspecified atom stereocenters. The molecule has 5 nitrogen and oxygen atoms in total. The lowest BCUT2D eigenvalue weighted by molar-refractivity contribution is 0.575. The van der Waals surface area contributed by atoms with Crippen LogP contribution in [0.3, 0.4) is 0 Å². The third-order valence-corrected chi connectivity index (χ3v) is 6.30. The lowest BCUT2D eigenvalue weighted by atomic mass is 10.2. The van der Waals surface area contributed by atoms with Gasteiger partial charge in [0.05, 0.1) is 27.2 Å². The maximum Gasteiger partial charge on any atom is 0.266 e. The Morgan fingerprint density at radius 3 is 2.70 bits per heavy atom. The van der Waals surface area contributed by atoms with Crippen LogP contribution in [0.4, 0.5) is 4.39 Å². The lowest BCUT2D eigenvalue weighted by Gasteiger charge is -2.13. The van der Waals surface area contributed by atoms with Crippen LogP contribution in [0.15, 0.2) is 86.7 Å². The Labute approximate surface area is 178 Å². The van der Waals surface area contributed by atoms with E-state index in [1.807, 2.05) is 23.6 Å². The number of thioether (sulfide) groups is 1. The zero-order chi connectivity index (χ0) is 20.5. The highest BCUT2D eigenvalue weighted by atomic mass is 32.2. The average Bonchev–Trinajstić information content (AvgIpc) is 3.45. The van der Waals surface area contributed by atoms with E-state index in [-0.39, 0.29) is 11.2 Å². The Morgan fingerprint density at radius 2 is 1.87 bits per heavy atom. The van der Waals surface area contributed by atoms with Crippen LogP contribution < -0.4 is 5.56 Å². The summed E-state index contributed by atoms with van der Waals surface area (Å²) >= 11 is 2.86. The molecule has 5 rings (SSSR count). The van der Waals surface area contributed by atoms with E-state index in [4.69, 9.17) is 4.42 Å². The summed E-state index contributed by atoms with van der Waals surface area (Å²) in [5.41, 5.74) is 1.14. The highest BCUT2D eigenvalue weighted by Gasteiger charge is 2.17. The Balaban J connectivity index is 1.56. The molecule has 0 aliphatic heterocycles. The van der Waals surface area contributed by atoms with Crippen molar-refractivity contribution < 1.29 is 8.81 Å². The van der Waals surface area contributed by atoms with Gasteiger partial charge in [0, 0.05) is 5.75 Å². The normalized spacial score (nSPS) is 11.2. The molecular formula is C22H14FN3O2S2. The fourth-order valence-corrected chi connectivity index (χ4v) is 4.62. The summed E-state index contributed by atoms with van der Waals surface area (Å²) in [5, 5.41) is 2.79. The zero-order valence-corrected chi connectivity index (χ0v) is 17.1. The van der Waals surface area contributed by atoms with Gasteiger partial charge in [-0.3, -0.25) is 9.36 Å². The number of halogens is 1. The van der Waals surface area contributed by atoms with Crippen LogP contribution in [-0.4, -0.2) is 14.5 Å². The van der Waals surface area contributed by atoms with Gasteiger partial charge in [0.1, 0.15) is 12.1 Å². The number of hydrogen-bond donors (Lipinski definition) is 0. The molecule has 0 amide bonds. The second-order valence-corrected chi connectivity index (χ2v) is 8.30. The molecule has 0 N–H and O–H groups in total. The predicted molar refractivity (Wildman–Crippen MR) is 117 cm³/mol. The van der Waals surface area contributed by atoms with Crippen molar-refractivity contribution in [2.45, 2.75) is 10.9 Å². The third kappa shape index (κ3) is 3.44. The number of oxazole rings is 1. The van der Waals surface area contributed by atoms with Crippen molar-refractivity contribution in [3.63, 3.8) is 0 Å². The van der Waals surface area contributed by atoms with E-state index in [0.29, 0.717) is 33.4 Å². The summed E-state index contributed by atoms with van der Waals surface area (Å²) in [6.07, 6.45) is 1.59. The average molecular weight is 436 g/mol. The first-order chi connectivity index (χ1) is 14.7. The molecule has 8 heteroatoms. The summed E-state index contributed by atoms with van der Waals surface area (Å²) in [5.74, 6) is 0.493. The minimum absolute atomic E-state index is 0.169. The summed E-state index contributed by atoms with van der Waals surface area (Å²) in [7, 11) is 0. The smallest absolute Gasteiger partial charge is 0.266 e. The van der Waals surface area contributed by atoms with Crippen molar-refractivity contribution in [2.75, 3.05) is 0 Å². The third-order valence-electron chi connectivity index (χ3n) is 4.47. The molecule has 0 bridgehead atoms. The Bertz CT molecular complexity index is 1390. The van der Waals surface area contributed by atoms with E-state index in [1.54, 1.807) is 54.0 Å². The van der Waals surface area contributed by atoms with E-state index in [9.17, 15) is 9.18 Å². The monoisotopic (exact) mass is 435 g/mol. The Kier molecular flexibility index (Phi) is 4.94. The van der Waals surface area contributed by atoms with E-state index >= 15 is 0 Å². The topological polar surface area (TPSA) is 60.9 Å². The Morgan fingerprint density at radius 1 is 1.03 bits per heavy atom. The van der Waals surface area contributed by atoms with Crippen molar-refractivity contribution in [3.05, 3.63) is 94.2 Å². The molecule has 3 heterocycles. The predicted octanol–water partition coefficient (Wildman–Crippen LogP) is 5.53. The fraction of sp³-hybridized carbons (Fsp3) is 0.0455. The molecule has 3 aromatic heterocycles. The fourth-order valence-electron chi connectivity index (χ4n) is 3.08. The number of fused-ring (bicyclic) bond motifs is 1. The standard InChI is InChI=1S/C22H14FN3O2S2/c23-16-7-2-4-9-18(16)26-21(27)15-6-1-3-8-17(15)25-22(26)30-13-14-12-28-20(24-14)19-10-5-11-29-19/h1-12H,13H2. The molecule has 0 fully saturated rings. The number of hydrogen-bond acceptors (Lipinski definition) is 6. The van der Waals surface area contributed by atoms with Crippen LogP contribution in [0.25, 0.3) is 27.4 Å². The largest absolute Gasteiger partial charge is 0.444 e. The van der Waals surface area contributed by atoms with Crippen molar-refractivity contribution in [2.24, 2.45) is 0 Å². The maximum absolute atomic E-state index is 14.5. The van der Waals surface area contributed by atoms with Crippen molar-refractivity contribution in [1.29, 1.82) is 0 Å². The molecule has 5 aromatic rings. The molecular weight excluding hydrogens is 421 g/mol. The van der Waals surface area contributed by atoms with Crippen LogP contribution in [-0.2, 0) is 5.75 Å². The number of para-hydroxylation sites is 2. The number of rotatable bonds is 5. The molecule has 30 heavy (non-hydrogen) atoms. The second kappa shape index (κ2) is 7.89. The summed E-state index contributed by atoms with van der Waals surface area (Å²) in [4.78, 5) is 23.3. The van der Waals surface area contributed by atoms with E-state index < -0.39 is 5.82 Å². The molecule has 0 spiro atoms. The van der Waals surface area contributed by atoms with Crippen molar-refractivity contribution in [1.82, 2.24) is 14.5 Å². The zero-order valence-electron chi connectivity index (χ0n) is 15.5. The number of nitrogens with zero attached hydrogens (tertiary/aromatic N) is 3. The van der Waals surface area contributed by atoms with Gasteiger partial charge in [-0.2, -0.15) is 0 Å². The summed E-state index contributed by atoms with van der Waals surface area (Å²) in [6, 6.07) is 17.1. The van der Waals surface area contributed by atoms with Crippen molar-refractivity contribution in [3.8, 4) is 16.5 Å². The lowest BCUT2D eigenvalue weighted by Crippen LogP contribution is -2.22. The van der Waals surface area contributed by atoms with Gasteiger partial charge >= 0.3 is 0 Å². The summed E-state index contributed by atoms with van der Waals surface area (Å²) < 4.78 is 21.4. The SMILES string of the molecule is O=c1c2ccccc2nc(SCc2coc(-c3cccs3)n2)n1-c1ccccc1F. The molecule has 0 aliphatic carbocycles. The van der Waals surface area contributed by atoms with Crippen LogP contribution in [0.2, 0.25) is 0 Å². The van der Waals surface area contributed by atoms with Crippen molar-refractivity contribution >= 4 is 34.0 Å². The first-order valence-corrected chi connectivity index (χ1v) is 10.9. The minimum atomic E-state index is -0.486. The van der Waals surface area contributed by atoms with Crippen LogP contribution >= 0.6 is 23.1 Å². The quantitative estimate of drug-likeness (QED) is 0.268. The maximum atomic E-state index is 14.5. The first-order valence-electron chi connectivity index (χ1n) is 9.08. The van der Waals surface area contributed by atoms with Gasteiger partial charge in [0.15, 0.2) is 5.16 Å². The van der Waals surface area contributed by atoms with Gasteiger partial charge in [0.25, 0.3) is 5.56 Å². The van der Waals surface area contributed by atoms with Crippen LogP contribution in [0, 0.1) is 5.82 Å². The molecule has 0 saturated heterocycles. The van der Waals surface area contributed by atoms with Crippen LogP contribution in [0.1, 0.15) is 5.69 Å². The first kappa shape index (κ1) is 18.8. The minimum Gasteiger partial charge on any atom is -0.444 e. The van der Waals surface area contributed by atoms with Crippen LogP contribution in [0.5, 0.6) is 0 Å². The van der Waals surface area contributed by atoms with Gasteiger partial charge in [-0.15, -0.1) is 11.3 Å². The molecule has 0 saturated carbocycles. The number of thiophene rings is 1. The molecule has 2 aromatic carbocycles. The van der Waals surface area contributed by atoms with E-state index in [0.717, 1.165) is 4.88 Å². The molecule has 148 valence electrons. The highest BCUT2D eigenvalue weighted by molar-refractivity contribution is 7.98. The molecule has 0 aliphatic rings.